The molecule has 0 radical (unpaired) electrons. The number of nitrogens with zero attached hydrogens (tertiary/aromatic N) is 5. The van der Waals surface area contributed by atoms with Crippen LogP contribution in [-0.2, 0) is 16.6 Å². The Morgan fingerprint density at radius 2 is 1.91 bits per heavy atom. The zero-order chi connectivity index (χ0) is 23.8. The molecular weight excluding hydrogens is 455 g/mol. The molecule has 0 bridgehead atoms. The molecule has 11 nitrogen and oxygen atoms in total. The van der Waals surface area contributed by atoms with Crippen LogP contribution < -0.4 is 5.69 Å². The number of para-hydroxylation sites is 1. The first-order valence-corrected chi connectivity index (χ1v) is 10.8. The molecular formula is C20H17FN6O5S. The first-order chi connectivity index (χ1) is 15.7. The Morgan fingerprint density at radius 3 is 2.61 bits per heavy atom. The number of phenolic OH excluding ortho intramolecular Hbond substituents is 2. The van der Waals surface area contributed by atoms with E-state index in [1.165, 1.54) is 43.8 Å². The summed E-state index contributed by atoms with van der Waals surface area (Å²) in [5.74, 6) is -2.29. The maximum absolute atomic E-state index is 14.4. The van der Waals surface area contributed by atoms with E-state index in [0.717, 1.165) is 27.1 Å². The Morgan fingerprint density at radius 1 is 1.15 bits per heavy atom. The van der Waals surface area contributed by atoms with Crippen LogP contribution in [0.5, 0.6) is 11.5 Å². The Labute approximate surface area is 186 Å². The topological polar surface area (TPSA) is 154 Å². The molecule has 0 saturated heterocycles. The maximum atomic E-state index is 14.4. The Balaban J connectivity index is 1.83. The number of benzene rings is 2. The van der Waals surface area contributed by atoms with Crippen LogP contribution in [-0.4, -0.2) is 54.7 Å². The van der Waals surface area contributed by atoms with Crippen molar-refractivity contribution in [2.75, 3.05) is 7.05 Å². The van der Waals surface area contributed by atoms with Crippen LogP contribution in [0.3, 0.4) is 0 Å². The molecule has 2 aromatic carbocycles. The summed E-state index contributed by atoms with van der Waals surface area (Å²) in [6.45, 7) is -0.145. The number of hydrogen-bond donors (Lipinski definition) is 3. The fourth-order valence-corrected chi connectivity index (χ4v) is 4.40. The minimum absolute atomic E-state index is 0.145. The highest BCUT2D eigenvalue weighted by molar-refractivity contribution is 7.89. The van der Waals surface area contributed by atoms with E-state index in [2.05, 4.69) is 20.2 Å². The van der Waals surface area contributed by atoms with Gasteiger partial charge in [-0.05, 0) is 18.2 Å². The maximum Gasteiger partial charge on any atom is 0.348 e. The first-order valence-electron chi connectivity index (χ1n) is 9.40. The second-order valence-electron chi connectivity index (χ2n) is 6.93. The molecule has 0 saturated carbocycles. The van der Waals surface area contributed by atoms with Gasteiger partial charge in [-0.2, -0.15) is 9.40 Å². The number of halogens is 1. The Bertz CT molecular complexity index is 1490. The van der Waals surface area contributed by atoms with E-state index in [4.69, 9.17) is 0 Å². The normalized spacial score (nSPS) is 11.7. The zero-order valence-electron chi connectivity index (χ0n) is 17.0. The summed E-state index contributed by atoms with van der Waals surface area (Å²) in [7, 11) is -3.01. The Kier molecular flexibility index (Phi) is 5.66. The lowest BCUT2D eigenvalue weighted by Gasteiger charge is -2.18. The lowest BCUT2D eigenvalue weighted by atomic mass is 10.1. The van der Waals surface area contributed by atoms with E-state index in [-0.39, 0.29) is 23.6 Å². The molecule has 0 spiro atoms. The number of nitrogens with one attached hydrogen (secondary N) is 1. The molecule has 4 aromatic rings. The highest BCUT2D eigenvalue weighted by Gasteiger charge is 2.28. The number of rotatable bonds is 6. The van der Waals surface area contributed by atoms with E-state index >= 15 is 0 Å². The average Bonchev–Trinajstić information content (AvgIpc) is 3.15. The van der Waals surface area contributed by atoms with Crippen molar-refractivity contribution in [3.8, 4) is 28.6 Å². The summed E-state index contributed by atoms with van der Waals surface area (Å²) in [6.07, 6.45) is 4.24. The van der Waals surface area contributed by atoms with Crippen LogP contribution in [0.15, 0.2) is 64.7 Å². The number of sulfonamides is 1. The number of hydrogen-bond acceptors (Lipinski definition) is 8. The average molecular weight is 472 g/mol. The molecule has 0 aliphatic heterocycles. The molecule has 0 fully saturated rings. The molecule has 0 unspecified atom stereocenters. The van der Waals surface area contributed by atoms with Gasteiger partial charge in [-0.3, -0.25) is 9.97 Å². The molecule has 13 heteroatoms. The number of aromatic nitrogens is 5. The highest BCUT2D eigenvalue weighted by atomic mass is 32.2. The second-order valence-corrected chi connectivity index (χ2v) is 8.95. The molecule has 0 aliphatic carbocycles. The molecule has 4 rings (SSSR count). The van der Waals surface area contributed by atoms with Gasteiger partial charge in [0.05, 0.1) is 23.5 Å². The van der Waals surface area contributed by atoms with Gasteiger partial charge in [-0.1, -0.05) is 12.1 Å². The van der Waals surface area contributed by atoms with Gasteiger partial charge in [0.2, 0.25) is 10.0 Å². The van der Waals surface area contributed by atoms with Crippen LogP contribution in [0.25, 0.3) is 17.1 Å². The summed E-state index contributed by atoms with van der Waals surface area (Å²) in [5, 5.41) is 26.7. The number of H-pyrrole nitrogens is 1. The summed E-state index contributed by atoms with van der Waals surface area (Å²) in [6, 6.07) is 7.14. The monoisotopic (exact) mass is 472 g/mol. The summed E-state index contributed by atoms with van der Waals surface area (Å²) < 4.78 is 42.4. The summed E-state index contributed by atoms with van der Waals surface area (Å²) >= 11 is 0. The van der Waals surface area contributed by atoms with Crippen molar-refractivity contribution in [3.63, 3.8) is 0 Å². The van der Waals surface area contributed by atoms with Crippen molar-refractivity contribution in [3.05, 3.63) is 77.0 Å². The van der Waals surface area contributed by atoms with Crippen LogP contribution in [0.2, 0.25) is 0 Å². The molecule has 0 aliphatic rings. The number of phenols is 2. The number of aromatic amines is 1. The standard InChI is InChI=1S/C20H17FN6O5S/c1-26(11-12-10-22-6-7-23-12)33(31,32)18-8-13(16(28)9-17(18)29)19-24-25-20(30)27(19)15-5-3-2-4-14(15)21/h2-10,28-29H,11H2,1H3,(H,25,30). The molecule has 170 valence electrons. The second kappa shape index (κ2) is 8.44. The SMILES string of the molecule is CN(Cc1cnccn1)S(=O)(=O)c1cc(-c2n[nH]c(=O)n2-c2ccccc2F)c(O)cc1O. The lowest BCUT2D eigenvalue weighted by Crippen LogP contribution is -2.27. The minimum atomic E-state index is -4.29. The van der Waals surface area contributed by atoms with Gasteiger partial charge in [0.1, 0.15) is 22.2 Å². The van der Waals surface area contributed by atoms with E-state index in [0.29, 0.717) is 5.69 Å². The van der Waals surface area contributed by atoms with Crippen molar-refractivity contribution in [2.24, 2.45) is 0 Å². The summed E-state index contributed by atoms with van der Waals surface area (Å²) in [5.41, 5.74) is -0.835. The molecule has 2 aromatic heterocycles. The van der Waals surface area contributed by atoms with Crippen molar-refractivity contribution in [1.82, 2.24) is 29.0 Å². The van der Waals surface area contributed by atoms with Crippen LogP contribution >= 0.6 is 0 Å². The fraction of sp³-hybridized carbons (Fsp3) is 0.100. The third-order valence-electron chi connectivity index (χ3n) is 4.77. The quantitative estimate of drug-likeness (QED) is 0.380. The van der Waals surface area contributed by atoms with E-state index < -0.39 is 37.9 Å². The predicted molar refractivity (Wildman–Crippen MR) is 114 cm³/mol. The molecule has 2 heterocycles. The van der Waals surface area contributed by atoms with Crippen molar-refractivity contribution in [1.29, 1.82) is 0 Å². The van der Waals surface area contributed by atoms with E-state index in [1.54, 1.807) is 0 Å². The number of aromatic hydroxyl groups is 2. The van der Waals surface area contributed by atoms with Gasteiger partial charge >= 0.3 is 5.69 Å². The fourth-order valence-electron chi connectivity index (χ4n) is 3.17. The van der Waals surface area contributed by atoms with Crippen molar-refractivity contribution < 1.29 is 23.0 Å². The third-order valence-corrected chi connectivity index (χ3v) is 6.61. The zero-order valence-corrected chi connectivity index (χ0v) is 17.9. The third kappa shape index (κ3) is 4.06. The molecule has 0 atom stereocenters. The van der Waals surface area contributed by atoms with E-state index in [1.807, 2.05) is 0 Å². The van der Waals surface area contributed by atoms with Crippen LogP contribution in [0.1, 0.15) is 5.69 Å². The minimum Gasteiger partial charge on any atom is -0.507 e. The first kappa shape index (κ1) is 22.1. The molecule has 33 heavy (non-hydrogen) atoms. The van der Waals surface area contributed by atoms with Gasteiger partial charge < -0.3 is 10.2 Å². The smallest absolute Gasteiger partial charge is 0.348 e. The van der Waals surface area contributed by atoms with Gasteiger partial charge in [-0.15, -0.1) is 0 Å². The largest absolute Gasteiger partial charge is 0.507 e. The van der Waals surface area contributed by atoms with E-state index in [9.17, 15) is 27.8 Å². The lowest BCUT2D eigenvalue weighted by molar-refractivity contribution is 0.428. The van der Waals surface area contributed by atoms with Crippen molar-refractivity contribution in [2.45, 2.75) is 11.4 Å². The van der Waals surface area contributed by atoms with Gasteiger partial charge in [-0.25, -0.2) is 27.3 Å². The summed E-state index contributed by atoms with van der Waals surface area (Å²) in [4.78, 5) is 19.7. The van der Waals surface area contributed by atoms with Crippen molar-refractivity contribution >= 4 is 10.0 Å². The molecule has 0 amide bonds. The highest BCUT2D eigenvalue weighted by Crippen LogP contribution is 2.37. The van der Waals surface area contributed by atoms with Crippen LogP contribution in [0, 0.1) is 5.82 Å². The van der Waals surface area contributed by atoms with Gasteiger partial charge in [0.25, 0.3) is 0 Å². The van der Waals surface area contributed by atoms with Gasteiger partial charge in [0.15, 0.2) is 5.82 Å². The van der Waals surface area contributed by atoms with Crippen LogP contribution in [0.4, 0.5) is 4.39 Å². The Hall–Kier alpha value is -4.10. The van der Waals surface area contributed by atoms with Gasteiger partial charge in [0, 0.05) is 31.7 Å². The predicted octanol–water partition coefficient (Wildman–Crippen LogP) is 1.39. The molecule has 3 N–H and O–H groups in total.